The molecule has 0 radical (unpaired) electrons. The van der Waals surface area contributed by atoms with Crippen molar-refractivity contribution in [3.8, 4) is 17.2 Å². The van der Waals surface area contributed by atoms with Gasteiger partial charge in [-0.15, -0.1) is 0 Å². The Kier molecular flexibility index (Phi) is 11.4. The van der Waals surface area contributed by atoms with Crippen LogP contribution in [0.25, 0.3) is 11.1 Å². The monoisotopic (exact) mass is 594 g/mol. The van der Waals surface area contributed by atoms with Gasteiger partial charge in [0.25, 0.3) is 0 Å². The SMILES string of the molecule is CC.CC#N.CCCCN(C)C=O.CCNC12CC3CC4(NS(=O)(=O)c5ccc(-c6ccccc6)cc5)CC(C1)C24C3. The van der Waals surface area contributed by atoms with Crippen LogP contribution in [-0.4, -0.2) is 50.9 Å². The van der Waals surface area contributed by atoms with Gasteiger partial charge in [0.1, 0.15) is 0 Å². The van der Waals surface area contributed by atoms with E-state index in [-0.39, 0.29) is 16.5 Å². The van der Waals surface area contributed by atoms with Crippen molar-refractivity contribution in [2.75, 3.05) is 20.1 Å². The molecular weight excluding hydrogens is 544 g/mol. The highest BCUT2D eigenvalue weighted by molar-refractivity contribution is 7.89. The van der Waals surface area contributed by atoms with Gasteiger partial charge in [0, 0.05) is 37.0 Å². The highest BCUT2D eigenvalue weighted by atomic mass is 32.2. The maximum atomic E-state index is 13.3. The van der Waals surface area contributed by atoms with Crippen LogP contribution in [0.1, 0.15) is 79.6 Å². The van der Waals surface area contributed by atoms with Gasteiger partial charge in [-0.1, -0.05) is 76.6 Å². The van der Waals surface area contributed by atoms with E-state index in [1.54, 1.807) is 30.1 Å². The van der Waals surface area contributed by atoms with Crippen LogP contribution in [0.3, 0.4) is 0 Å². The Hall–Kier alpha value is -2.73. The summed E-state index contributed by atoms with van der Waals surface area (Å²) in [5.74, 6) is 1.35. The second-order valence-electron chi connectivity index (χ2n) is 11.9. The Balaban J connectivity index is 0.000000319. The van der Waals surface area contributed by atoms with Crippen LogP contribution in [-0.2, 0) is 14.8 Å². The zero-order valence-electron chi connectivity index (χ0n) is 26.3. The first kappa shape index (κ1) is 33.8. The molecule has 2 N–H and O–H groups in total. The summed E-state index contributed by atoms with van der Waals surface area (Å²) >= 11 is 0. The average molecular weight is 595 g/mol. The fraction of sp³-hybridized carbons (Fsp3) is 0.588. The van der Waals surface area contributed by atoms with E-state index in [1.165, 1.54) is 26.2 Å². The predicted octanol–water partition coefficient (Wildman–Crippen LogP) is 6.37. The highest BCUT2D eigenvalue weighted by Gasteiger charge is 2.86. The van der Waals surface area contributed by atoms with Crippen LogP contribution in [0.4, 0.5) is 0 Å². The minimum absolute atomic E-state index is 0.151. The van der Waals surface area contributed by atoms with E-state index in [0.717, 1.165) is 56.3 Å². The molecule has 6 rings (SSSR count). The first-order chi connectivity index (χ1) is 20.2. The van der Waals surface area contributed by atoms with E-state index in [0.29, 0.717) is 16.7 Å². The molecule has 4 saturated carbocycles. The summed E-state index contributed by atoms with van der Waals surface area (Å²) in [5.41, 5.74) is 2.22. The number of nitrogens with one attached hydrogen (secondary N) is 2. The number of benzene rings is 2. The number of fused-ring (bicyclic) bond motifs is 1. The maximum Gasteiger partial charge on any atom is 0.241 e. The molecule has 4 aliphatic rings. The van der Waals surface area contributed by atoms with Gasteiger partial charge in [0.05, 0.1) is 11.0 Å². The molecule has 8 heteroatoms. The molecule has 5 atom stereocenters. The van der Waals surface area contributed by atoms with Crippen molar-refractivity contribution in [3.05, 3.63) is 54.6 Å². The Bertz CT molecular complexity index is 1310. The van der Waals surface area contributed by atoms with E-state index in [2.05, 4.69) is 23.9 Å². The Morgan fingerprint density at radius 3 is 2.07 bits per heavy atom. The molecule has 4 aliphatic carbocycles. The summed E-state index contributed by atoms with van der Waals surface area (Å²) in [7, 11) is -1.74. The third-order valence-corrected chi connectivity index (χ3v) is 11.2. The Labute approximate surface area is 254 Å². The van der Waals surface area contributed by atoms with Crippen LogP contribution >= 0.6 is 0 Å². The summed E-state index contributed by atoms with van der Waals surface area (Å²) in [6.07, 6.45) is 8.79. The maximum absolute atomic E-state index is 13.3. The van der Waals surface area contributed by atoms with E-state index in [4.69, 9.17) is 5.26 Å². The molecule has 42 heavy (non-hydrogen) atoms. The van der Waals surface area contributed by atoms with Gasteiger partial charge in [-0.3, -0.25) is 4.79 Å². The quantitative estimate of drug-likeness (QED) is 0.311. The number of nitriles is 1. The number of hydrogen-bond acceptors (Lipinski definition) is 5. The summed E-state index contributed by atoms with van der Waals surface area (Å²) in [6.45, 7) is 11.6. The lowest BCUT2D eigenvalue weighted by atomic mass is 9.32. The van der Waals surface area contributed by atoms with Crippen LogP contribution in [0, 0.1) is 28.6 Å². The lowest BCUT2D eigenvalue weighted by Gasteiger charge is -2.77. The van der Waals surface area contributed by atoms with Crippen molar-refractivity contribution in [2.24, 2.45) is 17.3 Å². The molecule has 230 valence electrons. The second-order valence-corrected chi connectivity index (χ2v) is 13.6. The van der Waals surface area contributed by atoms with Crippen molar-refractivity contribution >= 4 is 16.4 Å². The standard InChI is InChI=1S/C24H28N2O2S.C6H13NO.C2H3N.C2H6/c1-2-25-22-12-17-13-23(16-20(15-22)24(22,23)14-17)26-29(27,28)21-10-8-19(9-11-21)18-6-4-3-5-7-18;1-3-4-5-7(2)6-8;1-2-3;1-2/h3-11,17,20,25-26H,2,12-16H2,1H3;6H,3-5H2,1-2H3;1H3;1-2H3. The van der Waals surface area contributed by atoms with Gasteiger partial charge in [0.2, 0.25) is 16.4 Å². The summed E-state index contributed by atoms with van der Waals surface area (Å²) in [6, 6.07) is 19.1. The van der Waals surface area contributed by atoms with Gasteiger partial charge in [-0.05, 0) is 80.2 Å². The van der Waals surface area contributed by atoms with E-state index in [1.807, 2.05) is 56.3 Å². The van der Waals surface area contributed by atoms with Crippen molar-refractivity contribution in [1.82, 2.24) is 14.9 Å². The van der Waals surface area contributed by atoms with E-state index < -0.39 is 10.0 Å². The number of carbonyl (C=O) groups is 1. The van der Waals surface area contributed by atoms with Crippen molar-refractivity contribution in [3.63, 3.8) is 0 Å². The van der Waals surface area contributed by atoms with Gasteiger partial charge >= 0.3 is 0 Å². The minimum atomic E-state index is -3.53. The third kappa shape index (κ3) is 6.02. The summed E-state index contributed by atoms with van der Waals surface area (Å²) in [4.78, 5) is 12.0. The zero-order valence-corrected chi connectivity index (χ0v) is 27.1. The fourth-order valence-electron chi connectivity index (χ4n) is 8.40. The fourth-order valence-corrected chi connectivity index (χ4v) is 9.87. The van der Waals surface area contributed by atoms with Gasteiger partial charge in [-0.2, -0.15) is 5.26 Å². The molecule has 1 spiro atoms. The molecular formula is C34H50N4O3S. The first-order valence-electron chi connectivity index (χ1n) is 15.6. The molecule has 1 amide bonds. The average Bonchev–Trinajstić information content (AvgIpc) is 3.44. The smallest absolute Gasteiger partial charge is 0.241 e. The summed E-state index contributed by atoms with van der Waals surface area (Å²) in [5, 5.41) is 11.1. The normalized spacial score (nSPS) is 28.9. The molecule has 4 fully saturated rings. The Morgan fingerprint density at radius 1 is 0.952 bits per heavy atom. The number of sulfonamides is 1. The number of unbranched alkanes of at least 4 members (excludes halogenated alkanes) is 1. The van der Waals surface area contributed by atoms with Gasteiger partial charge < -0.3 is 10.2 Å². The topological polar surface area (TPSA) is 102 Å². The summed E-state index contributed by atoms with van der Waals surface area (Å²) < 4.78 is 29.9. The van der Waals surface area contributed by atoms with Crippen LogP contribution in [0.15, 0.2) is 59.5 Å². The predicted molar refractivity (Wildman–Crippen MR) is 170 cm³/mol. The zero-order chi connectivity index (χ0) is 31.0. The number of rotatable bonds is 10. The molecule has 5 unspecified atom stereocenters. The molecule has 7 nitrogen and oxygen atoms in total. The van der Waals surface area contributed by atoms with E-state index in [9.17, 15) is 13.2 Å². The van der Waals surface area contributed by atoms with Gasteiger partial charge in [0.15, 0.2) is 0 Å². The number of hydrogen-bond donors (Lipinski definition) is 2. The third-order valence-electron chi connectivity index (χ3n) is 9.64. The van der Waals surface area contributed by atoms with Crippen LogP contribution < -0.4 is 10.0 Å². The molecule has 2 bridgehead atoms. The van der Waals surface area contributed by atoms with Crippen molar-refractivity contribution < 1.29 is 13.2 Å². The lowest BCUT2D eigenvalue weighted by Crippen LogP contribution is -2.86. The highest BCUT2D eigenvalue weighted by Crippen LogP contribution is 2.84. The second kappa shape index (κ2) is 14.2. The van der Waals surface area contributed by atoms with Crippen molar-refractivity contribution in [2.45, 2.75) is 95.5 Å². The number of carbonyl (C=O) groups excluding carboxylic acids is 1. The number of nitrogens with zero attached hydrogens (tertiary/aromatic N) is 2. The largest absolute Gasteiger partial charge is 0.348 e. The molecule has 0 aromatic heterocycles. The first-order valence-corrected chi connectivity index (χ1v) is 17.1. The van der Waals surface area contributed by atoms with Crippen LogP contribution in [0.5, 0.6) is 0 Å². The molecule has 2 aromatic rings. The number of amides is 1. The lowest BCUT2D eigenvalue weighted by molar-refractivity contribution is -0.225. The molecule has 0 saturated heterocycles. The minimum Gasteiger partial charge on any atom is -0.348 e. The molecule has 2 aromatic carbocycles. The van der Waals surface area contributed by atoms with E-state index >= 15 is 0 Å². The van der Waals surface area contributed by atoms with Crippen molar-refractivity contribution in [1.29, 1.82) is 5.26 Å². The molecule has 0 heterocycles. The van der Waals surface area contributed by atoms with Crippen LogP contribution in [0.2, 0.25) is 0 Å². The van der Waals surface area contributed by atoms with Gasteiger partial charge in [-0.25, -0.2) is 13.1 Å². The molecule has 0 aliphatic heterocycles. The Morgan fingerprint density at radius 2 is 1.52 bits per heavy atom.